The van der Waals surface area contributed by atoms with E-state index >= 15 is 0 Å². The third kappa shape index (κ3) is 3.25. The number of rotatable bonds is 2. The maximum absolute atomic E-state index is 11.7. The molecule has 1 heterocycles. The van der Waals surface area contributed by atoms with Crippen LogP contribution < -0.4 is 0 Å². The largest absolute Gasteiger partial charge is 0.342 e. The van der Waals surface area contributed by atoms with Crippen LogP contribution in [0.5, 0.6) is 0 Å². The molecule has 2 nitrogen and oxygen atoms in total. The highest BCUT2D eigenvalue weighted by Gasteiger charge is 2.20. The highest BCUT2D eigenvalue weighted by Crippen LogP contribution is 2.34. The lowest BCUT2D eigenvalue weighted by Gasteiger charge is -2.19. The lowest BCUT2D eigenvalue weighted by Crippen LogP contribution is -2.32. The van der Waals surface area contributed by atoms with Crippen molar-refractivity contribution in [2.45, 2.75) is 25.0 Å². The van der Waals surface area contributed by atoms with Gasteiger partial charge in [-0.3, -0.25) is 4.79 Å². The molecular formula is C14H19NOS. The molecule has 1 unspecified atom stereocenters. The zero-order chi connectivity index (χ0) is 12.1. The van der Waals surface area contributed by atoms with Crippen LogP contribution in [0.1, 0.15) is 30.6 Å². The molecule has 1 amide bonds. The molecule has 92 valence electrons. The molecule has 1 fully saturated rings. The van der Waals surface area contributed by atoms with Crippen LogP contribution in [0, 0.1) is 0 Å². The average Bonchev–Trinajstić information content (AvgIpc) is 2.64. The quantitative estimate of drug-likeness (QED) is 0.802. The zero-order valence-corrected chi connectivity index (χ0v) is 11.1. The Hall–Kier alpha value is -0.960. The molecule has 0 N–H and O–H groups in total. The Morgan fingerprint density at radius 3 is 2.82 bits per heavy atom. The molecule has 0 radical (unpaired) electrons. The van der Waals surface area contributed by atoms with Gasteiger partial charge in [-0.05, 0) is 12.0 Å². The number of thioether (sulfide) groups is 1. The van der Waals surface area contributed by atoms with Gasteiger partial charge in [-0.2, -0.15) is 11.8 Å². The summed E-state index contributed by atoms with van der Waals surface area (Å²) in [6.07, 6.45) is 1.70. The fraction of sp³-hybridized carbons (Fsp3) is 0.500. The first-order chi connectivity index (χ1) is 8.31. The Kier molecular flexibility index (Phi) is 4.49. The van der Waals surface area contributed by atoms with Gasteiger partial charge in [-0.25, -0.2) is 0 Å². The summed E-state index contributed by atoms with van der Waals surface area (Å²) in [4.78, 5) is 13.7. The van der Waals surface area contributed by atoms with Gasteiger partial charge >= 0.3 is 0 Å². The van der Waals surface area contributed by atoms with Crippen LogP contribution in [0.25, 0.3) is 0 Å². The van der Waals surface area contributed by atoms with Crippen molar-refractivity contribution in [3.05, 3.63) is 35.9 Å². The molecule has 1 aliphatic rings. The van der Waals surface area contributed by atoms with Crippen molar-refractivity contribution in [1.82, 2.24) is 4.90 Å². The standard InChI is InChI=1S/C14H19NOS/c1-2-14(16)15-9-8-13(17-11-10-15)12-6-4-3-5-7-12/h3-7,13H,2,8-11H2,1H3. The van der Waals surface area contributed by atoms with Gasteiger partial charge in [0.1, 0.15) is 0 Å². The van der Waals surface area contributed by atoms with Crippen LogP contribution in [0.15, 0.2) is 30.3 Å². The summed E-state index contributed by atoms with van der Waals surface area (Å²) in [7, 11) is 0. The van der Waals surface area contributed by atoms with Gasteiger partial charge in [-0.15, -0.1) is 0 Å². The summed E-state index contributed by atoms with van der Waals surface area (Å²) in [6.45, 7) is 3.74. The first kappa shape index (κ1) is 12.5. The summed E-state index contributed by atoms with van der Waals surface area (Å²) in [5.41, 5.74) is 1.39. The monoisotopic (exact) mass is 249 g/mol. The number of hydrogen-bond donors (Lipinski definition) is 0. The predicted octanol–water partition coefficient (Wildman–Crippen LogP) is 3.10. The van der Waals surface area contributed by atoms with Crippen LogP contribution in [0.3, 0.4) is 0 Å². The summed E-state index contributed by atoms with van der Waals surface area (Å²) in [6, 6.07) is 10.6. The molecule has 0 bridgehead atoms. The second kappa shape index (κ2) is 6.10. The number of hydrogen-bond acceptors (Lipinski definition) is 2. The smallest absolute Gasteiger partial charge is 0.222 e. The van der Waals surface area contributed by atoms with Crippen molar-refractivity contribution in [3.8, 4) is 0 Å². The van der Waals surface area contributed by atoms with Gasteiger partial charge in [0.25, 0.3) is 0 Å². The molecule has 0 saturated carbocycles. The Morgan fingerprint density at radius 1 is 1.35 bits per heavy atom. The highest BCUT2D eigenvalue weighted by atomic mass is 32.2. The molecule has 17 heavy (non-hydrogen) atoms. The molecule has 1 atom stereocenters. The van der Waals surface area contributed by atoms with Crippen LogP contribution in [-0.2, 0) is 4.79 Å². The number of benzene rings is 1. The lowest BCUT2D eigenvalue weighted by atomic mass is 10.1. The summed E-state index contributed by atoms with van der Waals surface area (Å²) in [5.74, 6) is 1.34. The molecule has 1 saturated heterocycles. The second-order valence-electron chi connectivity index (χ2n) is 4.29. The SMILES string of the molecule is CCC(=O)N1CCSC(c2ccccc2)CC1. The van der Waals surface area contributed by atoms with E-state index in [9.17, 15) is 4.79 Å². The molecular weight excluding hydrogens is 230 g/mol. The van der Waals surface area contributed by atoms with E-state index < -0.39 is 0 Å². The van der Waals surface area contributed by atoms with E-state index in [-0.39, 0.29) is 0 Å². The zero-order valence-electron chi connectivity index (χ0n) is 10.3. The molecule has 1 aliphatic heterocycles. The Labute approximate surface area is 107 Å². The minimum absolute atomic E-state index is 0.291. The highest BCUT2D eigenvalue weighted by molar-refractivity contribution is 7.99. The summed E-state index contributed by atoms with van der Waals surface area (Å²) >= 11 is 1.97. The normalized spacial score (nSPS) is 21.0. The van der Waals surface area contributed by atoms with Crippen molar-refractivity contribution in [3.63, 3.8) is 0 Å². The Balaban J connectivity index is 1.99. The topological polar surface area (TPSA) is 20.3 Å². The number of amides is 1. The second-order valence-corrected chi connectivity index (χ2v) is 5.60. The number of nitrogens with zero attached hydrogens (tertiary/aromatic N) is 1. The minimum atomic E-state index is 0.291. The first-order valence-electron chi connectivity index (χ1n) is 6.25. The van der Waals surface area contributed by atoms with E-state index in [4.69, 9.17) is 0 Å². The lowest BCUT2D eigenvalue weighted by molar-refractivity contribution is -0.130. The van der Waals surface area contributed by atoms with Crippen molar-refractivity contribution in [2.75, 3.05) is 18.8 Å². The van der Waals surface area contributed by atoms with Crippen LogP contribution in [-0.4, -0.2) is 29.6 Å². The van der Waals surface area contributed by atoms with Gasteiger partial charge in [0.2, 0.25) is 5.91 Å². The summed E-state index contributed by atoms with van der Waals surface area (Å²) in [5, 5.41) is 0.547. The number of carbonyl (C=O) groups is 1. The van der Waals surface area contributed by atoms with E-state index in [1.165, 1.54) is 5.56 Å². The predicted molar refractivity (Wildman–Crippen MR) is 73.1 cm³/mol. The molecule has 0 spiro atoms. The molecule has 2 rings (SSSR count). The molecule has 0 aliphatic carbocycles. The van der Waals surface area contributed by atoms with Gasteiger partial charge < -0.3 is 4.90 Å². The van der Waals surface area contributed by atoms with Crippen molar-refractivity contribution in [1.29, 1.82) is 0 Å². The Morgan fingerprint density at radius 2 is 2.12 bits per heavy atom. The fourth-order valence-corrected chi connectivity index (χ4v) is 3.41. The van der Waals surface area contributed by atoms with E-state index in [0.717, 1.165) is 25.3 Å². The van der Waals surface area contributed by atoms with Crippen molar-refractivity contribution >= 4 is 17.7 Å². The number of carbonyl (C=O) groups excluding carboxylic acids is 1. The van der Waals surface area contributed by atoms with E-state index in [2.05, 4.69) is 30.3 Å². The van der Waals surface area contributed by atoms with Gasteiger partial charge in [-0.1, -0.05) is 37.3 Å². The van der Waals surface area contributed by atoms with Gasteiger partial charge in [0.15, 0.2) is 0 Å². The van der Waals surface area contributed by atoms with Gasteiger partial charge in [0.05, 0.1) is 0 Å². The molecule has 0 aromatic heterocycles. The third-order valence-corrected chi connectivity index (χ3v) is 4.50. The molecule has 3 heteroatoms. The Bertz CT molecular complexity index is 366. The first-order valence-corrected chi connectivity index (χ1v) is 7.30. The van der Waals surface area contributed by atoms with E-state index in [1.807, 2.05) is 23.6 Å². The minimum Gasteiger partial charge on any atom is -0.342 e. The van der Waals surface area contributed by atoms with Crippen LogP contribution in [0.2, 0.25) is 0 Å². The third-order valence-electron chi connectivity index (χ3n) is 3.17. The van der Waals surface area contributed by atoms with Crippen LogP contribution in [0.4, 0.5) is 0 Å². The fourth-order valence-electron chi connectivity index (χ4n) is 2.18. The van der Waals surface area contributed by atoms with Crippen LogP contribution >= 0.6 is 11.8 Å². The van der Waals surface area contributed by atoms with Crippen molar-refractivity contribution in [2.24, 2.45) is 0 Å². The van der Waals surface area contributed by atoms with Crippen molar-refractivity contribution < 1.29 is 4.79 Å². The van der Waals surface area contributed by atoms with E-state index in [1.54, 1.807) is 0 Å². The van der Waals surface area contributed by atoms with Gasteiger partial charge in [0, 0.05) is 30.5 Å². The maximum Gasteiger partial charge on any atom is 0.222 e. The molecule has 1 aromatic rings. The van der Waals surface area contributed by atoms with E-state index in [0.29, 0.717) is 17.6 Å². The maximum atomic E-state index is 11.7. The average molecular weight is 249 g/mol. The summed E-state index contributed by atoms with van der Waals surface area (Å²) < 4.78 is 0. The molecule has 1 aromatic carbocycles.